The first-order valence-electron chi connectivity index (χ1n) is 7.55. The lowest BCUT2D eigenvalue weighted by atomic mass is 10.2. The number of hydrogen-bond acceptors (Lipinski definition) is 5. The normalized spacial score (nSPS) is 11.3. The van der Waals surface area contributed by atoms with E-state index in [4.69, 9.17) is 11.6 Å². The molecule has 0 atom stereocenters. The van der Waals surface area contributed by atoms with E-state index in [1.54, 1.807) is 0 Å². The predicted molar refractivity (Wildman–Crippen MR) is 104 cm³/mol. The van der Waals surface area contributed by atoms with Crippen molar-refractivity contribution >= 4 is 44.8 Å². The van der Waals surface area contributed by atoms with Gasteiger partial charge in [0.2, 0.25) is 0 Å². The molecule has 27 heavy (non-hydrogen) atoms. The molecule has 1 amide bonds. The second-order valence-electron chi connectivity index (χ2n) is 5.68. The number of nitrogens with zero attached hydrogens (tertiary/aromatic N) is 3. The molecule has 2 rings (SSSR count). The molecule has 9 nitrogen and oxygen atoms in total. The summed E-state index contributed by atoms with van der Waals surface area (Å²) in [5.74, 6) is -0.540. The third kappa shape index (κ3) is 4.54. The fourth-order valence-electron chi connectivity index (χ4n) is 2.12. The molecule has 2 aromatic carbocycles. The molecule has 0 spiro atoms. The van der Waals surface area contributed by atoms with E-state index >= 15 is 0 Å². The highest BCUT2D eigenvalue weighted by molar-refractivity contribution is 7.90. The lowest BCUT2D eigenvalue weighted by Gasteiger charge is -2.23. The number of halogens is 1. The van der Waals surface area contributed by atoms with Gasteiger partial charge < -0.3 is 5.32 Å². The van der Waals surface area contributed by atoms with Crippen molar-refractivity contribution in [1.82, 2.24) is 4.31 Å². The monoisotopic (exact) mass is 412 g/mol. The standard InChI is InChI=1S/C16H17ClN4O5S/c1-19(2)27(25,26)20(3)12-6-4-11(5-7-12)16(22)18-15-10-13(21(23)24)8-9-14(15)17/h4-10H,1-3H3,(H,18,22). The number of non-ortho nitro benzene ring substituents is 1. The molecule has 0 fully saturated rings. The van der Waals surface area contributed by atoms with Crippen molar-refractivity contribution in [2.75, 3.05) is 30.8 Å². The highest BCUT2D eigenvalue weighted by Crippen LogP contribution is 2.27. The van der Waals surface area contributed by atoms with Crippen LogP contribution in [0, 0.1) is 10.1 Å². The Morgan fingerprint density at radius 3 is 2.22 bits per heavy atom. The van der Waals surface area contributed by atoms with Gasteiger partial charge in [-0.25, -0.2) is 0 Å². The Morgan fingerprint density at radius 2 is 1.70 bits per heavy atom. The van der Waals surface area contributed by atoms with E-state index in [0.29, 0.717) is 5.69 Å². The maximum Gasteiger partial charge on any atom is 0.303 e. The SMILES string of the molecule is CN(C)S(=O)(=O)N(C)c1ccc(C(=O)Nc2cc([N+](=O)[O-])ccc2Cl)cc1. The molecule has 0 aliphatic carbocycles. The molecule has 0 aromatic heterocycles. The number of nitro groups is 1. The van der Waals surface area contributed by atoms with Gasteiger partial charge in [-0.3, -0.25) is 19.2 Å². The van der Waals surface area contributed by atoms with Crippen LogP contribution >= 0.6 is 11.6 Å². The Balaban J connectivity index is 2.22. The van der Waals surface area contributed by atoms with Crippen LogP contribution in [0.15, 0.2) is 42.5 Å². The summed E-state index contributed by atoms with van der Waals surface area (Å²) in [5.41, 5.74) is 0.499. The third-order valence-corrected chi connectivity index (χ3v) is 5.87. The van der Waals surface area contributed by atoms with Gasteiger partial charge in [-0.05, 0) is 30.3 Å². The van der Waals surface area contributed by atoms with Gasteiger partial charge in [0.1, 0.15) is 0 Å². The molecule has 144 valence electrons. The van der Waals surface area contributed by atoms with E-state index in [1.165, 1.54) is 57.5 Å². The van der Waals surface area contributed by atoms with Gasteiger partial charge in [0.25, 0.3) is 11.6 Å². The van der Waals surface area contributed by atoms with Gasteiger partial charge in [-0.15, -0.1) is 0 Å². The molecule has 0 radical (unpaired) electrons. The number of hydrogen-bond donors (Lipinski definition) is 1. The van der Waals surface area contributed by atoms with E-state index in [1.807, 2.05) is 0 Å². The van der Waals surface area contributed by atoms with Gasteiger partial charge in [0.05, 0.1) is 21.3 Å². The van der Waals surface area contributed by atoms with Gasteiger partial charge in [-0.1, -0.05) is 11.6 Å². The maximum absolute atomic E-state index is 12.4. The Labute approximate surface area is 161 Å². The molecule has 0 aliphatic rings. The van der Waals surface area contributed by atoms with E-state index in [2.05, 4.69) is 5.32 Å². The molecule has 0 bridgehead atoms. The summed E-state index contributed by atoms with van der Waals surface area (Å²) in [5, 5.41) is 13.5. The van der Waals surface area contributed by atoms with Crippen molar-refractivity contribution < 1.29 is 18.1 Å². The molecule has 0 heterocycles. The number of benzene rings is 2. The fraction of sp³-hybridized carbons (Fsp3) is 0.188. The number of carbonyl (C=O) groups excluding carboxylic acids is 1. The Bertz CT molecular complexity index is 977. The zero-order chi connectivity index (χ0) is 20.4. The molecule has 0 unspecified atom stereocenters. The van der Waals surface area contributed by atoms with E-state index in [-0.39, 0.29) is 22.0 Å². The van der Waals surface area contributed by atoms with Crippen LogP contribution in [-0.2, 0) is 10.2 Å². The highest BCUT2D eigenvalue weighted by atomic mass is 35.5. The van der Waals surface area contributed by atoms with Crippen LogP contribution in [0.4, 0.5) is 17.1 Å². The summed E-state index contributed by atoms with van der Waals surface area (Å²) in [4.78, 5) is 22.6. The summed E-state index contributed by atoms with van der Waals surface area (Å²) >= 11 is 5.96. The van der Waals surface area contributed by atoms with Crippen LogP contribution in [0.5, 0.6) is 0 Å². The lowest BCUT2D eigenvalue weighted by molar-refractivity contribution is -0.384. The van der Waals surface area contributed by atoms with Gasteiger partial charge in [-0.2, -0.15) is 12.7 Å². The Kier molecular flexibility index (Phi) is 6.04. The summed E-state index contributed by atoms with van der Waals surface area (Å²) in [6.07, 6.45) is 0. The van der Waals surface area contributed by atoms with Crippen molar-refractivity contribution in [3.63, 3.8) is 0 Å². The van der Waals surface area contributed by atoms with E-state index < -0.39 is 21.0 Å². The van der Waals surface area contributed by atoms with Crippen molar-refractivity contribution in [1.29, 1.82) is 0 Å². The second kappa shape index (κ2) is 7.91. The zero-order valence-electron chi connectivity index (χ0n) is 14.7. The smallest absolute Gasteiger partial charge is 0.303 e. The van der Waals surface area contributed by atoms with Crippen LogP contribution in [-0.4, -0.2) is 44.7 Å². The van der Waals surface area contributed by atoms with Crippen molar-refractivity contribution in [2.45, 2.75) is 0 Å². The Morgan fingerprint density at radius 1 is 1.11 bits per heavy atom. The molecular weight excluding hydrogens is 396 g/mol. The number of carbonyl (C=O) groups is 1. The van der Waals surface area contributed by atoms with Gasteiger partial charge >= 0.3 is 10.2 Å². The number of amides is 1. The van der Waals surface area contributed by atoms with Crippen molar-refractivity contribution in [3.05, 3.63) is 63.2 Å². The first kappa shape index (κ1) is 20.6. The first-order chi connectivity index (χ1) is 12.5. The molecule has 1 N–H and O–H groups in total. The molecule has 0 saturated carbocycles. The average Bonchev–Trinajstić information content (AvgIpc) is 2.62. The minimum Gasteiger partial charge on any atom is -0.320 e. The quantitative estimate of drug-likeness (QED) is 0.579. The van der Waals surface area contributed by atoms with Crippen LogP contribution < -0.4 is 9.62 Å². The molecule has 0 aliphatic heterocycles. The number of nitro benzene ring substituents is 1. The topological polar surface area (TPSA) is 113 Å². The maximum atomic E-state index is 12.4. The van der Waals surface area contributed by atoms with Crippen LogP contribution in [0.25, 0.3) is 0 Å². The highest BCUT2D eigenvalue weighted by Gasteiger charge is 2.21. The molecule has 2 aromatic rings. The average molecular weight is 413 g/mol. The number of nitrogens with one attached hydrogen (secondary N) is 1. The number of rotatable bonds is 6. The van der Waals surface area contributed by atoms with E-state index in [0.717, 1.165) is 14.7 Å². The summed E-state index contributed by atoms with van der Waals surface area (Å²) in [6.45, 7) is 0. The summed E-state index contributed by atoms with van der Waals surface area (Å²) < 4.78 is 26.4. The lowest BCUT2D eigenvalue weighted by Crippen LogP contribution is -2.37. The first-order valence-corrected chi connectivity index (χ1v) is 9.33. The Hall–Kier alpha value is -2.69. The molecule has 11 heteroatoms. The minimum atomic E-state index is -3.65. The fourth-order valence-corrected chi connectivity index (χ4v) is 3.16. The zero-order valence-corrected chi connectivity index (χ0v) is 16.3. The van der Waals surface area contributed by atoms with Crippen LogP contribution in [0.1, 0.15) is 10.4 Å². The van der Waals surface area contributed by atoms with Crippen molar-refractivity contribution in [3.8, 4) is 0 Å². The number of anilines is 2. The summed E-state index contributed by atoms with van der Waals surface area (Å²) in [7, 11) is 0.577. The molecule has 0 saturated heterocycles. The van der Waals surface area contributed by atoms with Crippen LogP contribution in [0.3, 0.4) is 0 Å². The van der Waals surface area contributed by atoms with Crippen molar-refractivity contribution in [2.24, 2.45) is 0 Å². The third-order valence-electron chi connectivity index (χ3n) is 3.71. The minimum absolute atomic E-state index is 0.104. The van der Waals surface area contributed by atoms with Crippen LogP contribution in [0.2, 0.25) is 5.02 Å². The summed E-state index contributed by atoms with van der Waals surface area (Å²) in [6, 6.07) is 9.55. The second-order valence-corrected chi connectivity index (χ2v) is 8.26. The largest absolute Gasteiger partial charge is 0.320 e. The van der Waals surface area contributed by atoms with Gasteiger partial charge in [0, 0.05) is 38.8 Å². The van der Waals surface area contributed by atoms with E-state index in [9.17, 15) is 23.3 Å². The predicted octanol–water partition coefficient (Wildman–Crippen LogP) is 2.74. The van der Waals surface area contributed by atoms with Gasteiger partial charge in [0.15, 0.2) is 0 Å². The molecular formula is C16H17ClN4O5S.